The van der Waals surface area contributed by atoms with Crippen molar-refractivity contribution in [1.29, 1.82) is 0 Å². The Morgan fingerprint density at radius 3 is 2.46 bits per heavy atom. The second kappa shape index (κ2) is 4.71. The molecular formula is C12H18S. The predicted octanol–water partition coefficient (Wildman–Crippen LogP) is 4.09. The van der Waals surface area contributed by atoms with Crippen molar-refractivity contribution in [1.82, 2.24) is 0 Å². The van der Waals surface area contributed by atoms with Crippen LogP contribution in [-0.2, 0) is 6.42 Å². The number of hydrogen-bond donors (Lipinski definition) is 0. The SMILES string of the molecule is CCc1cc(SC)ccc1C(C)C. The predicted molar refractivity (Wildman–Crippen MR) is 61.7 cm³/mol. The van der Waals surface area contributed by atoms with E-state index in [4.69, 9.17) is 0 Å². The van der Waals surface area contributed by atoms with Crippen molar-refractivity contribution in [3.8, 4) is 0 Å². The molecule has 0 aliphatic heterocycles. The fraction of sp³-hybridized carbons (Fsp3) is 0.500. The van der Waals surface area contributed by atoms with Crippen LogP contribution in [0.1, 0.15) is 37.8 Å². The van der Waals surface area contributed by atoms with Gasteiger partial charge in [0.2, 0.25) is 0 Å². The van der Waals surface area contributed by atoms with Gasteiger partial charge in [0, 0.05) is 4.90 Å². The molecule has 0 amide bonds. The summed E-state index contributed by atoms with van der Waals surface area (Å²) in [5.41, 5.74) is 3.00. The second-order valence-electron chi connectivity index (χ2n) is 3.57. The summed E-state index contributed by atoms with van der Waals surface area (Å²) < 4.78 is 0. The average Bonchev–Trinajstić information content (AvgIpc) is 2.16. The van der Waals surface area contributed by atoms with E-state index in [1.807, 2.05) is 11.8 Å². The van der Waals surface area contributed by atoms with E-state index < -0.39 is 0 Å². The van der Waals surface area contributed by atoms with Gasteiger partial charge < -0.3 is 0 Å². The number of rotatable bonds is 3. The van der Waals surface area contributed by atoms with Gasteiger partial charge in [-0.3, -0.25) is 0 Å². The highest BCUT2D eigenvalue weighted by molar-refractivity contribution is 7.98. The first kappa shape index (κ1) is 10.6. The lowest BCUT2D eigenvalue weighted by Gasteiger charge is -2.12. The van der Waals surface area contributed by atoms with Gasteiger partial charge in [-0.2, -0.15) is 0 Å². The summed E-state index contributed by atoms with van der Waals surface area (Å²) in [6, 6.07) is 6.81. The Balaban J connectivity index is 3.08. The molecule has 0 aliphatic carbocycles. The minimum absolute atomic E-state index is 0.644. The molecule has 0 bridgehead atoms. The quantitative estimate of drug-likeness (QED) is 0.653. The van der Waals surface area contributed by atoms with E-state index in [0.29, 0.717) is 5.92 Å². The molecule has 0 radical (unpaired) electrons. The molecule has 0 aliphatic rings. The van der Waals surface area contributed by atoms with E-state index in [0.717, 1.165) is 6.42 Å². The fourth-order valence-corrected chi connectivity index (χ4v) is 2.04. The van der Waals surface area contributed by atoms with Gasteiger partial charge in [-0.25, -0.2) is 0 Å². The van der Waals surface area contributed by atoms with E-state index in [-0.39, 0.29) is 0 Å². The van der Waals surface area contributed by atoms with Crippen molar-refractivity contribution < 1.29 is 0 Å². The normalized spacial score (nSPS) is 10.8. The van der Waals surface area contributed by atoms with Crippen LogP contribution in [0, 0.1) is 0 Å². The first-order valence-electron chi connectivity index (χ1n) is 4.85. The van der Waals surface area contributed by atoms with Crippen LogP contribution in [0.4, 0.5) is 0 Å². The Labute approximate surface area is 85.7 Å². The van der Waals surface area contributed by atoms with Crippen LogP contribution in [0.25, 0.3) is 0 Å². The lowest BCUT2D eigenvalue weighted by molar-refractivity contribution is 0.841. The molecule has 0 atom stereocenters. The molecule has 0 N–H and O–H groups in total. The summed E-state index contributed by atoms with van der Waals surface area (Å²) >= 11 is 1.82. The smallest absolute Gasteiger partial charge is 0.00720 e. The molecule has 0 heterocycles. The van der Waals surface area contributed by atoms with Crippen LogP contribution >= 0.6 is 11.8 Å². The third-order valence-corrected chi connectivity index (χ3v) is 3.08. The number of benzene rings is 1. The standard InChI is InChI=1S/C12H18S/c1-5-10-8-11(13-4)6-7-12(10)9(2)3/h6-9H,5H2,1-4H3. The summed E-state index contributed by atoms with van der Waals surface area (Å²) in [5.74, 6) is 0.644. The molecule has 0 aromatic heterocycles. The maximum atomic E-state index is 2.32. The van der Waals surface area contributed by atoms with Gasteiger partial charge >= 0.3 is 0 Å². The number of thioether (sulfide) groups is 1. The molecule has 0 nitrogen and oxygen atoms in total. The molecule has 1 rings (SSSR count). The molecule has 0 saturated carbocycles. The monoisotopic (exact) mass is 194 g/mol. The van der Waals surface area contributed by atoms with E-state index >= 15 is 0 Å². The molecular weight excluding hydrogens is 176 g/mol. The third-order valence-electron chi connectivity index (χ3n) is 2.35. The Bertz CT molecular complexity index is 276. The maximum absolute atomic E-state index is 2.32. The van der Waals surface area contributed by atoms with Crippen molar-refractivity contribution in [3.05, 3.63) is 29.3 Å². The highest BCUT2D eigenvalue weighted by Gasteiger charge is 2.05. The van der Waals surface area contributed by atoms with Gasteiger partial charge in [-0.15, -0.1) is 11.8 Å². The van der Waals surface area contributed by atoms with E-state index in [9.17, 15) is 0 Å². The van der Waals surface area contributed by atoms with Gasteiger partial charge in [-0.1, -0.05) is 26.8 Å². The fourth-order valence-electron chi connectivity index (χ4n) is 1.58. The molecule has 1 aromatic rings. The molecule has 0 unspecified atom stereocenters. The van der Waals surface area contributed by atoms with Gasteiger partial charge in [0.15, 0.2) is 0 Å². The largest absolute Gasteiger partial charge is 0.130 e. The highest BCUT2D eigenvalue weighted by atomic mass is 32.2. The minimum atomic E-state index is 0.644. The Morgan fingerprint density at radius 1 is 1.31 bits per heavy atom. The minimum Gasteiger partial charge on any atom is -0.130 e. The number of aryl methyl sites for hydroxylation is 1. The topological polar surface area (TPSA) is 0 Å². The first-order chi connectivity index (χ1) is 6.19. The van der Waals surface area contributed by atoms with Gasteiger partial charge in [-0.05, 0) is 41.9 Å². The molecule has 1 aromatic carbocycles. The summed E-state index contributed by atoms with van der Waals surface area (Å²) in [5, 5.41) is 0. The summed E-state index contributed by atoms with van der Waals surface area (Å²) in [4.78, 5) is 1.38. The van der Waals surface area contributed by atoms with E-state index in [2.05, 4.69) is 45.2 Å². The lowest BCUT2D eigenvalue weighted by atomic mass is 9.96. The third kappa shape index (κ3) is 2.50. The molecule has 1 heteroatoms. The maximum Gasteiger partial charge on any atom is 0.00720 e. The van der Waals surface area contributed by atoms with Gasteiger partial charge in [0.1, 0.15) is 0 Å². The highest BCUT2D eigenvalue weighted by Crippen LogP contribution is 2.24. The summed E-state index contributed by atoms with van der Waals surface area (Å²) in [6.45, 7) is 6.74. The second-order valence-corrected chi connectivity index (χ2v) is 4.45. The molecule has 0 spiro atoms. The van der Waals surface area contributed by atoms with E-state index in [1.165, 1.54) is 16.0 Å². The summed E-state index contributed by atoms with van der Waals surface area (Å²) in [7, 11) is 0. The average molecular weight is 194 g/mol. The van der Waals surface area contributed by atoms with Crippen LogP contribution in [0.3, 0.4) is 0 Å². The van der Waals surface area contributed by atoms with Crippen LogP contribution in [-0.4, -0.2) is 6.26 Å². The zero-order valence-electron chi connectivity index (χ0n) is 8.92. The molecule has 0 saturated heterocycles. The molecule has 72 valence electrons. The van der Waals surface area contributed by atoms with Crippen LogP contribution in [0.5, 0.6) is 0 Å². The Hall–Kier alpha value is -0.430. The first-order valence-corrected chi connectivity index (χ1v) is 6.08. The lowest BCUT2D eigenvalue weighted by Crippen LogP contribution is -1.94. The van der Waals surface area contributed by atoms with Crippen molar-refractivity contribution in [2.45, 2.75) is 38.0 Å². The summed E-state index contributed by atoms with van der Waals surface area (Å²) in [6.07, 6.45) is 3.27. The Kier molecular flexibility index (Phi) is 3.86. The van der Waals surface area contributed by atoms with Gasteiger partial charge in [0.05, 0.1) is 0 Å². The Morgan fingerprint density at radius 2 is 2.00 bits per heavy atom. The van der Waals surface area contributed by atoms with Crippen molar-refractivity contribution in [2.75, 3.05) is 6.26 Å². The molecule has 0 fully saturated rings. The molecule has 13 heavy (non-hydrogen) atoms. The van der Waals surface area contributed by atoms with Crippen molar-refractivity contribution in [3.63, 3.8) is 0 Å². The van der Waals surface area contributed by atoms with Crippen LogP contribution in [0.2, 0.25) is 0 Å². The van der Waals surface area contributed by atoms with Crippen LogP contribution < -0.4 is 0 Å². The van der Waals surface area contributed by atoms with Crippen molar-refractivity contribution in [2.24, 2.45) is 0 Å². The van der Waals surface area contributed by atoms with Gasteiger partial charge in [0.25, 0.3) is 0 Å². The number of hydrogen-bond acceptors (Lipinski definition) is 1. The zero-order valence-corrected chi connectivity index (χ0v) is 9.74. The zero-order chi connectivity index (χ0) is 9.84. The van der Waals surface area contributed by atoms with Crippen LogP contribution in [0.15, 0.2) is 23.1 Å². The van der Waals surface area contributed by atoms with E-state index in [1.54, 1.807) is 0 Å². The van der Waals surface area contributed by atoms with Crippen molar-refractivity contribution >= 4 is 11.8 Å².